The van der Waals surface area contributed by atoms with Gasteiger partial charge in [0.05, 0.1) is 11.5 Å². The lowest BCUT2D eigenvalue weighted by molar-refractivity contribution is -0.146. The molecule has 6 heteroatoms. The smallest absolute Gasteiger partial charge is 0.310 e. The summed E-state index contributed by atoms with van der Waals surface area (Å²) in [6.45, 7) is 8.14. The summed E-state index contributed by atoms with van der Waals surface area (Å²) in [4.78, 5) is 30.0. The number of esters is 1. The van der Waals surface area contributed by atoms with Crippen molar-refractivity contribution in [3.63, 3.8) is 0 Å². The second-order valence-corrected chi connectivity index (χ2v) is 10.5. The van der Waals surface area contributed by atoms with Gasteiger partial charge in [0.2, 0.25) is 0 Å². The molecule has 0 radical (unpaired) electrons. The Bertz CT molecular complexity index is 969. The lowest BCUT2D eigenvalue weighted by Gasteiger charge is -2.36. The number of nitrogens with zero attached hydrogens (tertiary/aromatic N) is 2. The van der Waals surface area contributed by atoms with Crippen LogP contribution in [-0.4, -0.2) is 71.7 Å². The molecule has 1 saturated carbocycles. The van der Waals surface area contributed by atoms with Crippen molar-refractivity contribution >= 4 is 11.9 Å². The molecule has 3 heterocycles. The van der Waals surface area contributed by atoms with Crippen molar-refractivity contribution in [1.29, 1.82) is 0 Å². The Hall–Kier alpha value is -2.18. The van der Waals surface area contributed by atoms with E-state index in [0.29, 0.717) is 13.1 Å². The van der Waals surface area contributed by atoms with Crippen LogP contribution < -0.4 is 0 Å². The molecule has 2 aliphatic carbocycles. The largest absolute Gasteiger partial charge is 0.461 e. The molecule has 0 N–H and O–H groups in total. The van der Waals surface area contributed by atoms with E-state index in [-0.39, 0.29) is 46.9 Å². The molecule has 32 heavy (non-hydrogen) atoms. The molecule has 0 bridgehead atoms. The Morgan fingerprint density at radius 3 is 2.66 bits per heavy atom. The molecule has 6 rings (SSSR count). The van der Waals surface area contributed by atoms with Crippen LogP contribution in [0.1, 0.15) is 43.5 Å². The third-order valence-corrected chi connectivity index (χ3v) is 8.89. The van der Waals surface area contributed by atoms with Gasteiger partial charge in [0, 0.05) is 50.1 Å². The van der Waals surface area contributed by atoms with Gasteiger partial charge in [-0.05, 0) is 45.2 Å². The molecule has 0 aromatic heterocycles. The summed E-state index contributed by atoms with van der Waals surface area (Å²) in [6.07, 6.45) is 5.16. The monoisotopic (exact) mass is 436 g/mol. The van der Waals surface area contributed by atoms with Crippen LogP contribution in [0.5, 0.6) is 0 Å². The van der Waals surface area contributed by atoms with Crippen LogP contribution in [0.4, 0.5) is 0 Å². The number of ether oxygens (including phenoxy) is 2. The average Bonchev–Trinajstić information content (AvgIpc) is 3.12. The van der Waals surface area contributed by atoms with Gasteiger partial charge in [0.1, 0.15) is 11.7 Å². The van der Waals surface area contributed by atoms with Crippen LogP contribution in [0.3, 0.4) is 0 Å². The summed E-state index contributed by atoms with van der Waals surface area (Å²) in [6, 6.07) is 9.47. The van der Waals surface area contributed by atoms with Crippen LogP contribution >= 0.6 is 0 Å². The van der Waals surface area contributed by atoms with Crippen LogP contribution in [0.2, 0.25) is 0 Å². The molecule has 3 aliphatic heterocycles. The topological polar surface area (TPSA) is 62.4 Å². The van der Waals surface area contributed by atoms with Crippen LogP contribution in [0.25, 0.3) is 0 Å². The highest BCUT2D eigenvalue weighted by Crippen LogP contribution is 2.67. The molecule has 1 aromatic rings. The number of hydrogen-bond acceptors (Lipinski definition) is 5. The molecular weight excluding hydrogens is 404 g/mol. The minimum absolute atomic E-state index is 0.0399. The maximum Gasteiger partial charge on any atom is 0.310 e. The molecule has 3 saturated heterocycles. The minimum Gasteiger partial charge on any atom is -0.461 e. The molecule has 0 unspecified atom stereocenters. The molecule has 1 amide bonds. The van der Waals surface area contributed by atoms with E-state index in [0.717, 1.165) is 44.5 Å². The van der Waals surface area contributed by atoms with E-state index in [2.05, 4.69) is 24.8 Å². The first-order valence-corrected chi connectivity index (χ1v) is 12.1. The summed E-state index contributed by atoms with van der Waals surface area (Å²) >= 11 is 0. The molecule has 6 atom stereocenters. The number of rotatable bonds is 3. The zero-order valence-electron chi connectivity index (χ0n) is 19.0. The maximum atomic E-state index is 13.0. The first-order chi connectivity index (χ1) is 15.4. The van der Waals surface area contributed by atoms with Crippen molar-refractivity contribution in [3.05, 3.63) is 47.5 Å². The van der Waals surface area contributed by atoms with E-state index in [4.69, 9.17) is 9.47 Å². The van der Waals surface area contributed by atoms with E-state index < -0.39 is 0 Å². The predicted octanol–water partition coefficient (Wildman–Crippen LogP) is 2.89. The van der Waals surface area contributed by atoms with Crippen LogP contribution in [-0.2, 0) is 14.3 Å². The Labute approximate surface area is 189 Å². The summed E-state index contributed by atoms with van der Waals surface area (Å²) in [5.74, 6) is 0.428. The highest BCUT2D eigenvalue weighted by molar-refractivity contribution is 5.94. The van der Waals surface area contributed by atoms with Gasteiger partial charge in [0.25, 0.3) is 5.91 Å². The van der Waals surface area contributed by atoms with Gasteiger partial charge in [-0.25, -0.2) is 0 Å². The lowest BCUT2D eigenvalue weighted by atomic mass is 9.77. The zero-order valence-corrected chi connectivity index (χ0v) is 19.0. The summed E-state index contributed by atoms with van der Waals surface area (Å²) in [5, 5.41) is 0. The third-order valence-electron chi connectivity index (χ3n) is 8.89. The predicted molar refractivity (Wildman–Crippen MR) is 119 cm³/mol. The lowest BCUT2D eigenvalue weighted by Crippen LogP contribution is -2.50. The third kappa shape index (κ3) is 2.92. The minimum atomic E-state index is -0.144. The summed E-state index contributed by atoms with van der Waals surface area (Å²) < 4.78 is 12.4. The van der Waals surface area contributed by atoms with Gasteiger partial charge in [0.15, 0.2) is 0 Å². The van der Waals surface area contributed by atoms with Crippen LogP contribution in [0, 0.1) is 17.8 Å². The van der Waals surface area contributed by atoms with Gasteiger partial charge in [-0.2, -0.15) is 0 Å². The number of fused-ring (bicyclic) bond motifs is 2. The number of carbonyl (C=O) groups is 2. The second-order valence-electron chi connectivity index (χ2n) is 10.5. The van der Waals surface area contributed by atoms with E-state index in [1.165, 1.54) is 5.57 Å². The fraction of sp³-hybridized carbons (Fsp3) is 0.615. The van der Waals surface area contributed by atoms with Crippen LogP contribution in [0.15, 0.2) is 42.0 Å². The molecular formula is C26H32N2O4. The Kier molecular flexibility index (Phi) is 4.57. The number of piperazine rings is 1. The molecule has 170 valence electrons. The Morgan fingerprint density at radius 1 is 1.16 bits per heavy atom. The van der Waals surface area contributed by atoms with Gasteiger partial charge in [-0.1, -0.05) is 29.8 Å². The highest BCUT2D eigenvalue weighted by atomic mass is 16.6. The number of carbonyl (C=O) groups excluding carboxylic acids is 2. The van der Waals surface area contributed by atoms with Crippen molar-refractivity contribution < 1.29 is 19.1 Å². The van der Waals surface area contributed by atoms with E-state index in [1.807, 2.05) is 35.2 Å². The van der Waals surface area contributed by atoms with Gasteiger partial charge < -0.3 is 14.4 Å². The number of benzene rings is 1. The Morgan fingerprint density at radius 2 is 1.91 bits per heavy atom. The molecule has 5 aliphatic rings. The Balaban J connectivity index is 1.12. The fourth-order valence-corrected chi connectivity index (χ4v) is 6.97. The summed E-state index contributed by atoms with van der Waals surface area (Å²) in [5.41, 5.74) is 1.85. The molecule has 6 nitrogen and oxygen atoms in total. The first kappa shape index (κ1) is 20.4. The molecule has 4 fully saturated rings. The standard InChI is InChI=1S/C26H32N2O4/c1-17-8-11-26-21(17)22-19(9-10-25(26,2)32-26)20(24(30)31-22)16-27-12-14-28(15-13-27)23(29)18-6-4-3-5-7-18/h3-8,19-22H,9-16H2,1-2H3/t19-,20+,21+,22+,25-,26+/m0/s1. The normalized spacial score (nSPS) is 40.6. The SMILES string of the molecule is CC1=CC[C@]23O[C@@]2(C)CC[C@@H]2[C@@H](OC(=O)[C@@H]2CN2CCN(C(=O)c4ccccc4)CC2)[C@@H]13. The van der Waals surface area contributed by atoms with E-state index in [9.17, 15) is 9.59 Å². The fourth-order valence-electron chi connectivity index (χ4n) is 6.97. The van der Waals surface area contributed by atoms with Crippen molar-refractivity contribution in [1.82, 2.24) is 9.80 Å². The second kappa shape index (κ2) is 7.16. The van der Waals surface area contributed by atoms with Crippen molar-refractivity contribution in [2.24, 2.45) is 17.8 Å². The average molecular weight is 437 g/mol. The first-order valence-electron chi connectivity index (χ1n) is 12.1. The molecule has 1 aromatic carbocycles. The van der Waals surface area contributed by atoms with E-state index in [1.54, 1.807) is 0 Å². The van der Waals surface area contributed by atoms with Gasteiger partial charge in [-0.3, -0.25) is 14.5 Å². The van der Waals surface area contributed by atoms with E-state index >= 15 is 0 Å². The number of amides is 1. The zero-order chi connectivity index (χ0) is 22.1. The van der Waals surface area contributed by atoms with Gasteiger partial charge in [-0.15, -0.1) is 0 Å². The number of hydrogen-bond donors (Lipinski definition) is 0. The van der Waals surface area contributed by atoms with Crippen molar-refractivity contribution in [2.45, 2.75) is 50.4 Å². The van der Waals surface area contributed by atoms with Crippen molar-refractivity contribution in [3.8, 4) is 0 Å². The quantitative estimate of drug-likeness (QED) is 0.414. The van der Waals surface area contributed by atoms with Crippen molar-refractivity contribution in [2.75, 3.05) is 32.7 Å². The van der Waals surface area contributed by atoms with Gasteiger partial charge >= 0.3 is 5.97 Å². The molecule has 1 spiro atoms. The number of epoxide rings is 1. The summed E-state index contributed by atoms with van der Waals surface area (Å²) in [7, 11) is 0. The maximum absolute atomic E-state index is 13.0. The highest BCUT2D eigenvalue weighted by Gasteiger charge is 2.75.